The maximum atomic E-state index is 13.7. The van der Waals surface area contributed by atoms with E-state index in [4.69, 9.17) is 4.99 Å². The number of nitrogens with zero attached hydrogens (tertiary/aromatic N) is 2. The molecule has 0 saturated carbocycles. The topological polar surface area (TPSA) is 27.6 Å². The first kappa shape index (κ1) is 28.5. The highest BCUT2D eigenvalue weighted by atomic mass is 19.3. The van der Waals surface area contributed by atoms with E-state index in [1.807, 2.05) is 38.1 Å². The fourth-order valence-corrected chi connectivity index (χ4v) is 4.56. The number of likely N-dealkylation sites (tertiary alicyclic amines) is 1. The lowest BCUT2D eigenvalue weighted by Gasteiger charge is -2.32. The Morgan fingerprint density at radius 1 is 1.11 bits per heavy atom. The van der Waals surface area contributed by atoms with Crippen LogP contribution < -0.4 is 5.32 Å². The molecule has 1 heterocycles. The van der Waals surface area contributed by atoms with Gasteiger partial charge in [0.15, 0.2) is 0 Å². The molecule has 0 atom stereocenters. The number of piperidine rings is 1. The van der Waals surface area contributed by atoms with Gasteiger partial charge in [0, 0.05) is 42.5 Å². The molecular formula is C32H41F2N3. The summed E-state index contributed by atoms with van der Waals surface area (Å²) in [6, 6.07) is 15.1. The van der Waals surface area contributed by atoms with Crippen LogP contribution in [0.4, 0.5) is 8.78 Å². The molecule has 0 spiro atoms. The standard InChI is InChI=1S/C32H41F2N3/c1-7-23(2)26(5)36-31(30-14-9-8-11-24(30)3)19-25(4)35-21-27-15-17-37(18-16-27)22-28-12-10-13-29(20-28)32(6,33)34/h7-14,19-20,27,35H,1,15-18,21-22H2,2-6H3/b25-19+,26-23+,36-31+. The summed E-state index contributed by atoms with van der Waals surface area (Å²) in [5.74, 6) is -2.22. The van der Waals surface area contributed by atoms with Gasteiger partial charge < -0.3 is 5.32 Å². The normalized spacial score (nSPS) is 16.9. The number of aryl methyl sites for hydroxylation is 1. The number of nitrogens with one attached hydrogen (secondary N) is 1. The number of aliphatic imine (C=N–C) groups is 1. The monoisotopic (exact) mass is 505 g/mol. The number of benzene rings is 2. The van der Waals surface area contributed by atoms with Crippen molar-refractivity contribution in [2.24, 2.45) is 10.9 Å². The second-order valence-corrected chi connectivity index (χ2v) is 10.3. The van der Waals surface area contributed by atoms with Crippen molar-refractivity contribution in [2.75, 3.05) is 19.6 Å². The maximum Gasteiger partial charge on any atom is 0.270 e. The van der Waals surface area contributed by atoms with E-state index in [0.29, 0.717) is 5.92 Å². The minimum absolute atomic E-state index is 0.0882. The van der Waals surface area contributed by atoms with E-state index in [9.17, 15) is 8.78 Å². The molecule has 1 aliphatic heterocycles. The van der Waals surface area contributed by atoms with Gasteiger partial charge in [-0.15, -0.1) is 0 Å². The average Bonchev–Trinajstić information content (AvgIpc) is 2.87. The Labute approximate surface area is 221 Å². The van der Waals surface area contributed by atoms with Gasteiger partial charge in [-0.2, -0.15) is 0 Å². The van der Waals surface area contributed by atoms with E-state index >= 15 is 0 Å². The molecule has 1 saturated heterocycles. The molecule has 37 heavy (non-hydrogen) atoms. The van der Waals surface area contributed by atoms with Crippen molar-refractivity contribution in [3.63, 3.8) is 0 Å². The molecule has 0 amide bonds. The first-order valence-corrected chi connectivity index (χ1v) is 13.1. The van der Waals surface area contributed by atoms with Gasteiger partial charge in [0.25, 0.3) is 5.92 Å². The summed E-state index contributed by atoms with van der Waals surface area (Å²) in [5.41, 5.74) is 7.40. The highest BCUT2D eigenvalue weighted by molar-refractivity contribution is 6.10. The van der Waals surface area contributed by atoms with Crippen molar-refractivity contribution >= 4 is 5.71 Å². The molecular weight excluding hydrogens is 464 g/mol. The van der Waals surface area contributed by atoms with E-state index in [0.717, 1.165) is 79.8 Å². The molecule has 1 N–H and O–H groups in total. The molecule has 2 aromatic rings. The summed E-state index contributed by atoms with van der Waals surface area (Å²) in [6.45, 7) is 16.7. The Hall–Kier alpha value is -3.05. The minimum Gasteiger partial charge on any atom is -0.388 e. The van der Waals surface area contributed by atoms with E-state index < -0.39 is 5.92 Å². The van der Waals surface area contributed by atoms with E-state index in [-0.39, 0.29) is 5.56 Å². The molecule has 0 aliphatic carbocycles. The van der Waals surface area contributed by atoms with Crippen LogP contribution in [0.2, 0.25) is 0 Å². The van der Waals surface area contributed by atoms with E-state index in [2.05, 4.69) is 48.9 Å². The minimum atomic E-state index is -2.80. The summed E-state index contributed by atoms with van der Waals surface area (Å²) in [5, 5.41) is 3.62. The molecule has 1 fully saturated rings. The van der Waals surface area contributed by atoms with Gasteiger partial charge in [-0.1, -0.05) is 55.1 Å². The summed E-state index contributed by atoms with van der Waals surface area (Å²) in [6.07, 6.45) is 6.14. The van der Waals surface area contributed by atoms with Crippen LogP contribution in [0.25, 0.3) is 0 Å². The first-order valence-electron chi connectivity index (χ1n) is 13.1. The third-order valence-electron chi connectivity index (χ3n) is 7.16. The van der Waals surface area contributed by atoms with Gasteiger partial charge in [0.1, 0.15) is 0 Å². The molecule has 0 bridgehead atoms. The van der Waals surface area contributed by atoms with Gasteiger partial charge in [0.2, 0.25) is 0 Å². The number of hydrogen-bond acceptors (Lipinski definition) is 3. The molecule has 5 heteroatoms. The number of alkyl halides is 2. The Morgan fingerprint density at radius 3 is 2.46 bits per heavy atom. The van der Waals surface area contributed by atoms with Crippen molar-refractivity contribution < 1.29 is 8.78 Å². The predicted molar refractivity (Wildman–Crippen MR) is 152 cm³/mol. The summed E-state index contributed by atoms with van der Waals surface area (Å²) in [4.78, 5) is 7.31. The highest BCUT2D eigenvalue weighted by Gasteiger charge is 2.25. The quantitative estimate of drug-likeness (QED) is 0.264. The number of rotatable bonds is 10. The lowest BCUT2D eigenvalue weighted by molar-refractivity contribution is 0.0173. The lowest BCUT2D eigenvalue weighted by atomic mass is 9.96. The third kappa shape index (κ3) is 8.50. The second kappa shape index (κ2) is 13.0. The van der Waals surface area contributed by atoms with Crippen LogP contribution in [-0.4, -0.2) is 30.2 Å². The molecule has 0 unspecified atom stereocenters. The van der Waals surface area contributed by atoms with Crippen LogP contribution in [0.3, 0.4) is 0 Å². The maximum absolute atomic E-state index is 13.7. The zero-order chi connectivity index (χ0) is 27.0. The van der Waals surface area contributed by atoms with Crippen LogP contribution >= 0.6 is 0 Å². The van der Waals surface area contributed by atoms with Crippen molar-refractivity contribution in [2.45, 2.75) is 59.9 Å². The lowest BCUT2D eigenvalue weighted by Crippen LogP contribution is -2.36. The predicted octanol–water partition coefficient (Wildman–Crippen LogP) is 7.78. The molecule has 3 rings (SSSR count). The van der Waals surface area contributed by atoms with Crippen molar-refractivity contribution in [1.29, 1.82) is 0 Å². The van der Waals surface area contributed by atoms with Gasteiger partial charge >= 0.3 is 0 Å². The zero-order valence-corrected chi connectivity index (χ0v) is 23.0. The van der Waals surface area contributed by atoms with E-state index in [1.54, 1.807) is 12.1 Å². The number of allylic oxidation sites excluding steroid dienone is 5. The molecule has 2 aromatic carbocycles. The molecule has 0 radical (unpaired) electrons. The van der Waals surface area contributed by atoms with Gasteiger partial charge in [-0.25, -0.2) is 8.78 Å². The SMILES string of the molecule is C=C/C(C)=C(C)/N=C(\C=C(/C)NCC1CCN(Cc2cccc(C(C)(F)F)c2)CC1)c1ccccc1C. The van der Waals surface area contributed by atoms with Crippen LogP contribution in [-0.2, 0) is 12.5 Å². The van der Waals surface area contributed by atoms with Crippen molar-refractivity contribution in [3.8, 4) is 0 Å². The first-order chi connectivity index (χ1) is 17.6. The largest absolute Gasteiger partial charge is 0.388 e. The van der Waals surface area contributed by atoms with Crippen LogP contribution in [0.1, 0.15) is 62.8 Å². The third-order valence-corrected chi connectivity index (χ3v) is 7.16. The molecule has 0 aromatic heterocycles. The van der Waals surface area contributed by atoms with E-state index in [1.165, 1.54) is 11.6 Å². The number of halogens is 2. The van der Waals surface area contributed by atoms with Crippen molar-refractivity contribution in [3.05, 3.63) is 106 Å². The van der Waals surface area contributed by atoms with Crippen molar-refractivity contribution in [1.82, 2.24) is 10.2 Å². The fraction of sp³-hybridized carbons (Fsp3) is 0.406. The van der Waals surface area contributed by atoms with Crippen LogP contribution in [0.15, 0.2) is 89.2 Å². The zero-order valence-electron chi connectivity index (χ0n) is 23.0. The Morgan fingerprint density at radius 2 is 1.81 bits per heavy atom. The van der Waals surface area contributed by atoms with Gasteiger partial charge in [-0.3, -0.25) is 9.89 Å². The van der Waals surface area contributed by atoms with Crippen LogP contribution in [0.5, 0.6) is 0 Å². The van der Waals surface area contributed by atoms with Crippen LogP contribution in [0, 0.1) is 12.8 Å². The Kier molecular flexibility index (Phi) is 9.99. The second-order valence-electron chi connectivity index (χ2n) is 10.3. The smallest absolute Gasteiger partial charge is 0.270 e. The van der Waals surface area contributed by atoms with Gasteiger partial charge in [0.05, 0.1) is 5.71 Å². The summed E-state index contributed by atoms with van der Waals surface area (Å²) >= 11 is 0. The number of hydrogen-bond donors (Lipinski definition) is 1. The molecule has 3 nitrogen and oxygen atoms in total. The summed E-state index contributed by atoms with van der Waals surface area (Å²) in [7, 11) is 0. The molecule has 1 aliphatic rings. The average molecular weight is 506 g/mol. The highest BCUT2D eigenvalue weighted by Crippen LogP contribution is 2.28. The Bertz CT molecular complexity index is 1160. The fourth-order valence-electron chi connectivity index (χ4n) is 4.56. The Balaban J connectivity index is 1.59. The summed E-state index contributed by atoms with van der Waals surface area (Å²) < 4.78 is 27.4. The van der Waals surface area contributed by atoms with Gasteiger partial charge in [-0.05, 0) is 88.4 Å². The molecule has 198 valence electrons.